The number of sulfonamides is 1. The molecule has 3 aromatic rings. The molecule has 0 aliphatic heterocycles. The molecule has 170 valence electrons. The zero-order valence-corrected chi connectivity index (χ0v) is 18.9. The van der Waals surface area contributed by atoms with Crippen molar-refractivity contribution in [1.29, 1.82) is 0 Å². The van der Waals surface area contributed by atoms with Crippen LogP contribution in [0, 0.1) is 5.92 Å². The largest absolute Gasteiger partial charge is 0.394 e. The Morgan fingerprint density at radius 3 is 2.50 bits per heavy atom. The molecular formula is C24H29N3O4S. The highest BCUT2D eigenvalue weighted by molar-refractivity contribution is 7.89. The van der Waals surface area contributed by atoms with E-state index in [1.165, 1.54) is 0 Å². The van der Waals surface area contributed by atoms with Crippen LogP contribution in [0.25, 0.3) is 10.9 Å². The van der Waals surface area contributed by atoms with Crippen LogP contribution in [0.3, 0.4) is 0 Å². The van der Waals surface area contributed by atoms with Gasteiger partial charge in [-0.1, -0.05) is 30.3 Å². The van der Waals surface area contributed by atoms with E-state index in [-0.39, 0.29) is 29.4 Å². The number of carbonyl (C=O) groups is 1. The number of hydrogen-bond acceptors (Lipinski definition) is 4. The van der Waals surface area contributed by atoms with Crippen LogP contribution in [0.5, 0.6) is 0 Å². The van der Waals surface area contributed by atoms with Gasteiger partial charge in [0.1, 0.15) is 0 Å². The highest BCUT2D eigenvalue weighted by Gasteiger charge is 2.30. The number of aliphatic hydroxyl groups is 1. The number of carbonyl (C=O) groups excluding carboxylic acids is 1. The first-order valence-corrected chi connectivity index (χ1v) is 12.4. The lowest BCUT2D eigenvalue weighted by Crippen LogP contribution is -2.42. The Morgan fingerprint density at radius 1 is 1.09 bits per heavy atom. The highest BCUT2D eigenvalue weighted by atomic mass is 32.2. The number of nitrogens with one attached hydrogen (secondary N) is 2. The van der Waals surface area contributed by atoms with Gasteiger partial charge in [0.05, 0.1) is 17.5 Å². The molecule has 1 aromatic heterocycles. The van der Waals surface area contributed by atoms with E-state index in [1.54, 1.807) is 12.1 Å². The van der Waals surface area contributed by atoms with Crippen molar-refractivity contribution in [2.24, 2.45) is 13.0 Å². The summed E-state index contributed by atoms with van der Waals surface area (Å²) in [4.78, 5) is 13.0. The van der Waals surface area contributed by atoms with Gasteiger partial charge in [-0.25, -0.2) is 13.1 Å². The standard InChI is InChI=1S/C24H29N3O4S/c1-27-14-13-19-15-21(11-12-23(19)27)32(30,31)26-20-9-7-18(8-10-20)24(29)25-22(16-28)17-5-3-2-4-6-17/h2-6,11-15,18,20,22,26,28H,7-10,16H2,1H3,(H,25,29)/t18-,20-,22-/m1/s1. The molecule has 2 aromatic carbocycles. The maximum Gasteiger partial charge on any atom is 0.240 e. The number of fused-ring (bicyclic) bond motifs is 1. The van der Waals surface area contributed by atoms with Crippen molar-refractivity contribution in [2.75, 3.05) is 6.61 Å². The van der Waals surface area contributed by atoms with Crippen molar-refractivity contribution in [1.82, 2.24) is 14.6 Å². The van der Waals surface area contributed by atoms with Crippen LogP contribution >= 0.6 is 0 Å². The minimum atomic E-state index is -3.63. The van der Waals surface area contributed by atoms with Gasteiger partial charge >= 0.3 is 0 Å². The molecule has 0 saturated heterocycles. The summed E-state index contributed by atoms with van der Waals surface area (Å²) in [5.74, 6) is -0.280. The molecule has 1 atom stereocenters. The zero-order valence-electron chi connectivity index (χ0n) is 18.1. The second kappa shape index (κ2) is 9.44. The molecule has 4 rings (SSSR count). The number of rotatable bonds is 7. The first-order valence-electron chi connectivity index (χ1n) is 10.9. The Labute approximate surface area is 188 Å². The Morgan fingerprint density at radius 2 is 1.81 bits per heavy atom. The number of amides is 1. The summed E-state index contributed by atoms with van der Waals surface area (Å²) in [6.07, 6.45) is 4.30. The van der Waals surface area contributed by atoms with Gasteiger partial charge in [0.2, 0.25) is 15.9 Å². The van der Waals surface area contributed by atoms with Crippen LogP contribution in [0.1, 0.15) is 37.3 Å². The highest BCUT2D eigenvalue weighted by Crippen LogP contribution is 2.27. The monoisotopic (exact) mass is 455 g/mol. The van der Waals surface area contributed by atoms with Crippen molar-refractivity contribution in [2.45, 2.75) is 42.7 Å². The Hall–Kier alpha value is -2.68. The van der Waals surface area contributed by atoms with Crippen LogP contribution in [0.15, 0.2) is 65.7 Å². The van der Waals surface area contributed by atoms with Gasteiger partial charge in [0, 0.05) is 36.1 Å². The third-order valence-electron chi connectivity index (χ3n) is 6.29. The Kier molecular flexibility index (Phi) is 6.64. The Balaban J connectivity index is 1.34. The van der Waals surface area contributed by atoms with E-state index in [2.05, 4.69) is 10.0 Å². The van der Waals surface area contributed by atoms with Crippen molar-refractivity contribution >= 4 is 26.8 Å². The minimum Gasteiger partial charge on any atom is -0.394 e. The van der Waals surface area contributed by atoms with Crippen molar-refractivity contribution in [3.8, 4) is 0 Å². The Bertz CT molecular complexity index is 1180. The SMILES string of the molecule is Cn1ccc2cc(S(=O)(=O)N[C@H]3CC[C@H](C(=O)N[C@H](CO)c4ccccc4)CC3)ccc21. The van der Waals surface area contributed by atoms with Crippen LogP contribution < -0.4 is 10.0 Å². The maximum absolute atomic E-state index is 12.9. The topological polar surface area (TPSA) is 100 Å². The number of hydrogen-bond donors (Lipinski definition) is 3. The molecule has 0 bridgehead atoms. The van der Waals surface area contributed by atoms with Crippen LogP contribution in [0.2, 0.25) is 0 Å². The van der Waals surface area contributed by atoms with Crippen LogP contribution in [-0.4, -0.2) is 36.6 Å². The lowest BCUT2D eigenvalue weighted by atomic mass is 9.85. The first-order chi connectivity index (χ1) is 15.4. The first kappa shape index (κ1) is 22.5. The summed E-state index contributed by atoms with van der Waals surface area (Å²) >= 11 is 0. The zero-order chi connectivity index (χ0) is 22.7. The van der Waals surface area contributed by atoms with E-state index >= 15 is 0 Å². The molecule has 7 nitrogen and oxygen atoms in total. The molecule has 1 fully saturated rings. The number of aromatic nitrogens is 1. The van der Waals surface area contributed by atoms with E-state index in [0.29, 0.717) is 25.7 Å². The summed E-state index contributed by atoms with van der Waals surface area (Å²) in [7, 11) is -1.71. The maximum atomic E-state index is 12.9. The fourth-order valence-corrected chi connectivity index (χ4v) is 5.74. The number of aryl methyl sites for hydroxylation is 1. The molecule has 1 aliphatic rings. The van der Waals surface area contributed by atoms with Gasteiger partial charge in [-0.2, -0.15) is 0 Å². The lowest BCUT2D eigenvalue weighted by molar-refractivity contribution is -0.127. The van der Waals surface area contributed by atoms with E-state index in [0.717, 1.165) is 16.5 Å². The predicted octanol–water partition coefficient (Wildman–Crippen LogP) is 2.87. The number of nitrogens with zero attached hydrogens (tertiary/aromatic N) is 1. The normalized spacial score (nSPS) is 20.2. The predicted molar refractivity (Wildman–Crippen MR) is 123 cm³/mol. The quantitative estimate of drug-likeness (QED) is 0.510. The molecule has 1 aliphatic carbocycles. The van der Waals surface area contributed by atoms with E-state index in [4.69, 9.17) is 0 Å². The minimum absolute atomic E-state index is 0.0938. The molecule has 0 radical (unpaired) electrons. The second-order valence-electron chi connectivity index (χ2n) is 8.47. The fraction of sp³-hybridized carbons (Fsp3) is 0.375. The third-order valence-corrected chi connectivity index (χ3v) is 7.81. The van der Waals surface area contributed by atoms with Gasteiger partial charge < -0.3 is 15.0 Å². The molecule has 1 saturated carbocycles. The summed E-state index contributed by atoms with van der Waals surface area (Å²) in [5, 5.41) is 13.5. The van der Waals surface area contributed by atoms with Crippen molar-refractivity contribution in [3.05, 3.63) is 66.4 Å². The third kappa shape index (κ3) is 4.87. The fourth-order valence-electron chi connectivity index (χ4n) is 4.40. The molecule has 1 amide bonds. The average Bonchev–Trinajstić information content (AvgIpc) is 3.18. The molecule has 32 heavy (non-hydrogen) atoms. The summed E-state index contributed by atoms with van der Waals surface area (Å²) < 4.78 is 30.5. The molecule has 0 unspecified atom stereocenters. The smallest absolute Gasteiger partial charge is 0.240 e. The molecular weight excluding hydrogens is 426 g/mol. The van der Waals surface area contributed by atoms with Gasteiger partial charge in [-0.05, 0) is 55.5 Å². The molecule has 1 heterocycles. The molecule has 8 heteroatoms. The van der Waals surface area contributed by atoms with Gasteiger partial charge in [0.15, 0.2) is 0 Å². The number of aliphatic hydroxyl groups excluding tert-OH is 1. The van der Waals surface area contributed by atoms with Crippen LogP contribution in [0.4, 0.5) is 0 Å². The van der Waals surface area contributed by atoms with Gasteiger partial charge in [0.25, 0.3) is 0 Å². The second-order valence-corrected chi connectivity index (χ2v) is 10.2. The van der Waals surface area contributed by atoms with Gasteiger partial charge in [-0.15, -0.1) is 0 Å². The molecule has 3 N–H and O–H groups in total. The summed E-state index contributed by atoms with van der Waals surface area (Å²) in [6, 6.07) is 15.8. The lowest BCUT2D eigenvalue weighted by Gasteiger charge is -2.29. The van der Waals surface area contributed by atoms with Crippen LogP contribution in [-0.2, 0) is 21.9 Å². The average molecular weight is 456 g/mol. The van der Waals surface area contributed by atoms with Crippen molar-refractivity contribution < 1.29 is 18.3 Å². The molecule has 0 spiro atoms. The summed E-state index contributed by atoms with van der Waals surface area (Å²) in [6.45, 7) is -0.170. The number of benzene rings is 2. The van der Waals surface area contributed by atoms with Gasteiger partial charge in [-0.3, -0.25) is 4.79 Å². The van der Waals surface area contributed by atoms with E-state index in [9.17, 15) is 18.3 Å². The van der Waals surface area contributed by atoms with Crippen molar-refractivity contribution in [3.63, 3.8) is 0 Å². The van der Waals surface area contributed by atoms with E-state index < -0.39 is 16.1 Å². The van der Waals surface area contributed by atoms with E-state index in [1.807, 2.05) is 60.3 Å². The summed E-state index contributed by atoms with van der Waals surface area (Å²) in [5.41, 5.74) is 1.84.